The molecule has 0 nitrogen and oxygen atoms in total. The van der Waals surface area contributed by atoms with E-state index in [0.29, 0.717) is 5.25 Å². The molecule has 0 fully saturated rings. The van der Waals surface area contributed by atoms with E-state index in [1.54, 1.807) is 0 Å². The van der Waals surface area contributed by atoms with Crippen LogP contribution in [0.15, 0.2) is 12.2 Å². The van der Waals surface area contributed by atoms with Crippen molar-refractivity contribution in [2.24, 2.45) is 0 Å². The van der Waals surface area contributed by atoms with E-state index >= 15 is 0 Å². The Bertz CT molecular complexity index is 118. The average molecular weight is 186 g/mol. The third-order valence-electron chi connectivity index (χ3n) is 2.22. The van der Waals surface area contributed by atoms with E-state index in [1.165, 1.54) is 31.3 Å². The molecule has 0 aromatic rings. The van der Waals surface area contributed by atoms with Gasteiger partial charge in [-0.25, -0.2) is 0 Å². The zero-order valence-corrected chi connectivity index (χ0v) is 9.37. The Hall–Kier alpha value is 0.0900. The molecule has 0 rings (SSSR count). The van der Waals surface area contributed by atoms with E-state index in [4.69, 9.17) is 0 Å². The van der Waals surface area contributed by atoms with Crippen LogP contribution in [0, 0.1) is 0 Å². The van der Waals surface area contributed by atoms with Crippen LogP contribution in [-0.2, 0) is 0 Å². The largest absolute Gasteiger partial charge is 0.176 e. The smallest absolute Gasteiger partial charge is 0.00198 e. The third-order valence-corrected chi connectivity index (χ3v) is 2.74. The Morgan fingerprint density at radius 3 is 2.50 bits per heavy atom. The number of hydrogen-bond acceptors (Lipinski definition) is 1. The van der Waals surface area contributed by atoms with Gasteiger partial charge in [-0.2, -0.15) is 12.6 Å². The highest BCUT2D eigenvalue weighted by molar-refractivity contribution is 7.80. The summed E-state index contributed by atoms with van der Waals surface area (Å²) in [6, 6.07) is 0. The molecule has 0 aliphatic rings. The molecule has 0 spiro atoms. The maximum absolute atomic E-state index is 4.54. The summed E-state index contributed by atoms with van der Waals surface area (Å²) in [5.41, 5.74) is 1.37. The lowest BCUT2D eigenvalue weighted by Gasteiger charge is -2.09. The van der Waals surface area contributed by atoms with Crippen molar-refractivity contribution in [3.63, 3.8) is 0 Å². The van der Waals surface area contributed by atoms with Gasteiger partial charge in [0.1, 0.15) is 0 Å². The normalized spacial score (nSPS) is 12.9. The van der Waals surface area contributed by atoms with Crippen LogP contribution < -0.4 is 0 Å². The molecule has 1 atom stereocenters. The molecule has 0 saturated carbocycles. The lowest BCUT2D eigenvalue weighted by molar-refractivity contribution is 0.644. The SMILES string of the molecule is C=C(CC)CC[C@@H](S)CCCC. The van der Waals surface area contributed by atoms with Gasteiger partial charge in [-0.1, -0.05) is 38.8 Å². The standard InChI is InChI=1S/C11H22S/c1-4-6-7-11(12)9-8-10(3)5-2/h11-12H,3-9H2,1-2H3/t11-/m0/s1. The summed E-state index contributed by atoms with van der Waals surface area (Å²) < 4.78 is 0. The van der Waals surface area contributed by atoms with Gasteiger partial charge in [-0.15, -0.1) is 0 Å². The van der Waals surface area contributed by atoms with Gasteiger partial charge < -0.3 is 0 Å². The number of allylic oxidation sites excluding steroid dienone is 1. The van der Waals surface area contributed by atoms with Crippen molar-refractivity contribution < 1.29 is 0 Å². The van der Waals surface area contributed by atoms with Crippen LogP contribution in [0.4, 0.5) is 0 Å². The molecule has 0 heterocycles. The van der Waals surface area contributed by atoms with Crippen LogP contribution in [0.25, 0.3) is 0 Å². The minimum absolute atomic E-state index is 0.591. The first-order valence-corrected chi connectivity index (χ1v) is 5.57. The summed E-state index contributed by atoms with van der Waals surface area (Å²) in [5, 5.41) is 0.591. The first-order valence-electron chi connectivity index (χ1n) is 5.05. The predicted octanol–water partition coefficient (Wildman–Crippen LogP) is 4.22. The fraction of sp³-hybridized carbons (Fsp3) is 0.818. The van der Waals surface area contributed by atoms with Crippen molar-refractivity contribution in [3.05, 3.63) is 12.2 Å². The van der Waals surface area contributed by atoms with Gasteiger partial charge in [0.15, 0.2) is 0 Å². The van der Waals surface area contributed by atoms with E-state index in [-0.39, 0.29) is 0 Å². The van der Waals surface area contributed by atoms with E-state index in [0.717, 1.165) is 12.8 Å². The van der Waals surface area contributed by atoms with Gasteiger partial charge in [0.2, 0.25) is 0 Å². The summed E-state index contributed by atoms with van der Waals surface area (Å²) in [6.07, 6.45) is 7.34. The zero-order chi connectivity index (χ0) is 9.40. The van der Waals surface area contributed by atoms with E-state index in [2.05, 4.69) is 33.1 Å². The molecule has 0 aromatic heterocycles. The summed E-state index contributed by atoms with van der Waals surface area (Å²) in [6.45, 7) is 8.39. The highest BCUT2D eigenvalue weighted by Gasteiger charge is 2.02. The van der Waals surface area contributed by atoms with Crippen LogP contribution in [0.5, 0.6) is 0 Å². The predicted molar refractivity (Wildman–Crippen MR) is 61.0 cm³/mol. The quantitative estimate of drug-likeness (QED) is 0.446. The molecule has 0 radical (unpaired) electrons. The second kappa shape index (κ2) is 7.72. The maximum Gasteiger partial charge on any atom is 0.00198 e. The Balaban J connectivity index is 3.30. The molecule has 0 aliphatic heterocycles. The van der Waals surface area contributed by atoms with Gasteiger partial charge in [-0.3, -0.25) is 0 Å². The Morgan fingerprint density at radius 2 is 2.00 bits per heavy atom. The van der Waals surface area contributed by atoms with Crippen LogP contribution in [-0.4, -0.2) is 5.25 Å². The van der Waals surface area contributed by atoms with Crippen molar-refractivity contribution >= 4 is 12.6 Å². The van der Waals surface area contributed by atoms with Gasteiger partial charge in [-0.05, 0) is 25.7 Å². The van der Waals surface area contributed by atoms with E-state index in [1.807, 2.05) is 0 Å². The van der Waals surface area contributed by atoms with Crippen LogP contribution in [0.2, 0.25) is 0 Å². The number of unbranched alkanes of at least 4 members (excludes halogenated alkanes) is 1. The van der Waals surface area contributed by atoms with Crippen molar-refractivity contribution in [1.29, 1.82) is 0 Å². The highest BCUT2D eigenvalue weighted by atomic mass is 32.1. The molecule has 0 N–H and O–H groups in total. The topological polar surface area (TPSA) is 0 Å². The monoisotopic (exact) mass is 186 g/mol. The first-order chi connectivity index (χ1) is 5.70. The van der Waals surface area contributed by atoms with Crippen LogP contribution in [0.3, 0.4) is 0 Å². The second-order valence-corrected chi connectivity index (χ2v) is 4.17. The Labute approximate surface area is 82.9 Å². The van der Waals surface area contributed by atoms with Crippen LogP contribution >= 0.6 is 12.6 Å². The zero-order valence-electron chi connectivity index (χ0n) is 8.47. The number of rotatable bonds is 7. The first kappa shape index (κ1) is 12.1. The number of hydrogen-bond donors (Lipinski definition) is 1. The van der Waals surface area contributed by atoms with Gasteiger partial charge >= 0.3 is 0 Å². The summed E-state index contributed by atoms with van der Waals surface area (Å²) in [4.78, 5) is 0. The van der Waals surface area contributed by atoms with Crippen molar-refractivity contribution in [1.82, 2.24) is 0 Å². The van der Waals surface area contributed by atoms with Crippen LogP contribution in [0.1, 0.15) is 52.4 Å². The minimum Gasteiger partial charge on any atom is -0.176 e. The van der Waals surface area contributed by atoms with E-state index in [9.17, 15) is 0 Å². The highest BCUT2D eigenvalue weighted by Crippen LogP contribution is 2.16. The molecule has 0 bridgehead atoms. The molecular formula is C11H22S. The maximum atomic E-state index is 4.54. The Morgan fingerprint density at radius 1 is 1.33 bits per heavy atom. The van der Waals surface area contributed by atoms with Crippen molar-refractivity contribution in [3.8, 4) is 0 Å². The molecule has 12 heavy (non-hydrogen) atoms. The third kappa shape index (κ3) is 6.78. The molecule has 0 aromatic carbocycles. The molecule has 72 valence electrons. The molecular weight excluding hydrogens is 164 g/mol. The second-order valence-electron chi connectivity index (χ2n) is 3.44. The molecule has 1 heteroatoms. The summed E-state index contributed by atoms with van der Waals surface area (Å²) in [5.74, 6) is 0. The lowest BCUT2D eigenvalue weighted by Crippen LogP contribution is -1.98. The summed E-state index contributed by atoms with van der Waals surface area (Å²) in [7, 11) is 0. The van der Waals surface area contributed by atoms with E-state index < -0.39 is 0 Å². The molecule has 0 aliphatic carbocycles. The van der Waals surface area contributed by atoms with Crippen molar-refractivity contribution in [2.75, 3.05) is 0 Å². The van der Waals surface area contributed by atoms with Gasteiger partial charge in [0.05, 0.1) is 0 Å². The molecule has 0 amide bonds. The number of thiol groups is 1. The fourth-order valence-corrected chi connectivity index (χ4v) is 1.44. The fourth-order valence-electron chi connectivity index (χ4n) is 1.13. The average Bonchev–Trinajstić information content (AvgIpc) is 2.10. The molecule has 0 unspecified atom stereocenters. The van der Waals surface area contributed by atoms with Gasteiger partial charge in [0, 0.05) is 5.25 Å². The molecule has 0 saturated heterocycles. The van der Waals surface area contributed by atoms with Crippen molar-refractivity contribution in [2.45, 2.75) is 57.6 Å². The Kier molecular flexibility index (Phi) is 7.78. The lowest BCUT2D eigenvalue weighted by atomic mass is 10.1. The summed E-state index contributed by atoms with van der Waals surface area (Å²) >= 11 is 4.54. The minimum atomic E-state index is 0.591. The van der Waals surface area contributed by atoms with Gasteiger partial charge in [0.25, 0.3) is 0 Å².